The van der Waals surface area contributed by atoms with Crippen molar-refractivity contribution in [2.45, 2.75) is 31.8 Å². The van der Waals surface area contributed by atoms with E-state index in [0.717, 1.165) is 51.1 Å². The molecule has 1 aliphatic heterocycles. The van der Waals surface area contributed by atoms with Crippen molar-refractivity contribution in [2.75, 3.05) is 39.4 Å². The fourth-order valence-electron chi connectivity index (χ4n) is 3.91. The van der Waals surface area contributed by atoms with Crippen molar-refractivity contribution in [3.05, 3.63) is 71.3 Å². The second-order valence-electron chi connectivity index (χ2n) is 7.65. The zero-order chi connectivity index (χ0) is 20.3. The van der Waals surface area contributed by atoms with E-state index in [-0.39, 0.29) is 13.2 Å². The number of rotatable bonds is 8. The molecule has 2 N–H and O–H groups in total. The summed E-state index contributed by atoms with van der Waals surface area (Å²) in [6.07, 6.45) is 2.40. The van der Waals surface area contributed by atoms with Crippen LogP contribution in [0.4, 0.5) is 0 Å². The SMILES string of the molecule is OCCC#Cc1ccc(CN2CCN(CCc3ccccc3)[C@@H](CCO)C2)cc1. The zero-order valence-corrected chi connectivity index (χ0v) is 17.1. The van der Waals surface area contributed by atoms with Crippen LogP contribution in [0.25, 0.3) is 0 Å². The van der Waals surface area contributed by atoms with Crippen molar-refractivity contribution in [3.63, 3.8) is 0 Å². The van der Waals surface area contributed by atoms with Crippen LogP contribution in [-0.2, 0) is 13.0 Å². The van der Waals surface area contributed by atoms with Crippen LogP contribution in [0.1, 0.15) is 29.5 Å². The van der Waals surface area contributed by atoms with Crippen molar-refractivity contribution >= 4 is 0 Å². The third-order valence-electron chi connectivity index (χ3n) is 5.51. The number of piperazine rings is 1. The van der Waals surface area contributed by atoms with Crippen molar-refractivity contribution in [2.24, 2.45) is 0 Å². The minimum Gasteiger partial charge on any atom is -0.396 e. The standard InChI is InChI=1S/C25H32N2O2/c28-18-5-4-8-23-9-11-24(12-10-23)20-26-16-17-27(25(21-26)14-19-29)15-13-22-6-2-1-3-7-22/h1-3,6-7,9-12,25,28-29H,5,13-21H2/t25-/m0/s1. The molecule has 1 atom stereocenters. The molecule has 154 valence electrons. The molecule has 0 bridgehead atoms. The molecule has 0 aliphatic carbocycles. The van der Waals surface area contributed by atoms with Crippen LogP contribution in [-0.4, -0.2) is 65.4 Å². The van der Waals surface area contributed by atoms with Crippen molar-refractivity contribution in [1.82, 2.24) is 9.80 Å². The summed E-state index contributed by atoms with van der Waals surface area (Å²) in [6, 6.07) is 19.4. The zero-order valence-electron chi connectivity index (χ0n) is 17.1. The molecular weight excluding hydrogens is 360 g/mol. The molecule has 0 saturated carbocycles. The molecule has 3 rings (SSSR count). The highest BCUT2D eigenvalue weighted by atomic mass is 16.3. The van der Waals surface area contributed by atoms with Crippen LogP contribution in [0.3, 0.4) is 0 Å². The van der Waals surface area contributed by atoms with Crippen LogP contribution >= 0.6 is 0 Å². The number of aliphatic hydroxyl groups is 2. The summed E-state index contributed by atoms with van der Waals surface area (Å²) >= 11 is 0. The Labute approximate surface area is 174 Å². The van der Waals surface area contributed by atoms with Crippen molar-refractivity contribution < 1.29 is 10.2 Å². The molecule has 2 aromatic rings. The number of hydrogen-bond donors (Lipinski definition) is 2. The van der Waals surface area contributed by atoms with Gasteiger partial charge in [-0.3, -0.25) is 9.80 Å². The fourth-order valence-corrected chi connectivity index (χ4v) is 3.91. The first-order valence-electron chi connectivity index (χ1n) is 10.6. The van der Waals surface area contributed by atoms with Crippen LogP contribution in [0.5, 0.6) is 0 Å². The van der Waals surface area contributed by atoms with E-state index in [9.17, 15) is 5.11 Å². The first-order valence-corrected chi connectivity index (χ1v) is 10.6. The van der Waals surface area contributed by atoms with Gasteiger partial charge in [-0.1, -0.05) is 54.3 Å². The maximum absolute atomic E-state index is 9.54. The smallest absolute Gasteiger partial charge is 0.0540 e. The normalized spacial score (nSPS) is 17.7. The van der Waals surface area contributed by atoms with E-state index in [1.807, 2.05) is 0 Å². The quantitative estimate of drug-likeness (QED) is 0.678. The molecule has 1 fully saturated rings. The van der Waals surface area contributed by atoms with Crippen molar-refractivity contribution in [1.29, 1.82) is 0 Å². The van der Waals surface area contributed by atoms with Gasteiger partial charge in [0.25, 0.3) is 0 Å². The minimum atomic E-state index is 0.109. The minimum absolute atomic E-state index is 0.109. The Bertz CT molecular complexity index is 780. The predicted molar refractivity (Wildman–Crippen MR) is 118 cm³/mol. The van der Waals surface area contributed by atoms with Crippen LogP contribution in [0, 0.1) is 11.8 Å². The summed E-state index contributed by atoms with van der Waals surface area (Å²) < 4.78 is 0. The average molecular weight is 393 g/mol. The molecular formula is C25H32N2O2. The van der Waals surface area contributed by atoms with Gasteiger partial charge >= 0.3 is 0 Å². The molecule has 0 unspecified atom stereocenters. The number of nitrogens with zero attached hydrogens (tertiary/aromatic N) is 2. The van der Waals surface area contributed by atoms with E-state index in [1.165, 1.54) is 11.1 Å². The molecule has 4 heteroatoms. The number of hydrogen-bond acceptors (Lipinski definition) is 4. The Hall–Kier alpha value is -2.16. The lowest BCUT2D eigenvalue weighted by Gasteiger charge is -2.41. The lowest BCUT2D eigenvalue weighted by atomic mass is 10.1. The number of aliphatic hydroxyl groups excluding tert-OH is 2. The second-order valence-corrected chi connectivity index (χ2v) is 7.65. The molecule has 1 saturated heterocycles. The molecule has 0 amide bonds. The summed E-state index contributed by atoms with van der Waals surface area (Å²) in [6.45, 7) is 5.41. The maximum Gasteiger partial charge on any atom is 0.0540 e. The van der Waals surface area contributed by atoms with Gasteiger partial charge in [0.15, 0.2) is 0 Å². The molecule has 2 aromatic carbocycles. The molecule has 0 aromatic heterocycles. The van der Waals surface area contributed by atoms with Gasteiger partial charge in [0.1, 0.15) is 0 Å². The Kier molecular flexibility index (Phi) is 8.73. The Balaban J connectivity index is 1.52. The number of benzene rings is 2. The van der Waals surface area contributed by atoms with Gasteiger partial charge in [0.05, 0.1) is 6.61 Å². The van der Waals surface area contributed by atoms with Crippen molar-refractivity contribution in [3.8, 4) is 11.8 Å². The van der Waals surface area contributed by atoms with Gasteiger partial charge < -0.3 is 10.2 Å². The van der Waals surface area contributed by atoms with E-state index in [1.54, 1.807) is 0 Å². The van der Waals surface area contributed by atoms with E-state index >= 15 is 0 Å². The monoisotopic (exact) mass is 392 g/mol. The molecule has 0 spiro atoms. The molecule has 1 aliphatic rings. The molecule has 29 heavy (non-hydrogen) atoms. The Morgan fingerprint density at radius 2 is 1.69 bits per heavy atom. The predicted octanol–water partition coefficient (Wildman–Crippen LogP) is 2.53. The maximum atomic E-state index is 9.54. The lowest BCUT2D eigenvalue weighted by molar-refractivity contribution is 0.0562. The topological polar surface area (TPSA) is 46.9 Å². The van der Waals surface area contributed by atoms with Gasteiger partial charge in [-0.2, -0.15) is 0 Å². The third kappa shape index (κ3) is 6.99. The molecule has 0 radical (unpaired) electrons. The first kappa shape index (κ1) is 21.5. The first-order chi connectivity index (χ1) is 14.3. The highest BCUT2D eigenvalue weighted by Gasteiger charge is 2.26. The Morgan fingerprint density at radius 3 is 2.41 bits per heavy atom. The van der Waals surface area contributed by atoms with Gasteiger partial charge in [-0.05, 0) is 36.1 Å². The molecule has 1 heterocycles. The Morgan fingerprint density at radius 1 is 0.897 bits per heavy atom. The summed E-state index contributed by atoms with van der Waals surface area (Å²) in [5.41, 5.74) is 3.66. The molecule has 4 nitrogen and oxygen atoms in total. The van der Waals surface area contributed by atoms with E-state index < -0.39 is 0 Å². The highest BCUT2D eigenvalue weighted by molar-refractivity contribution is 5.36. The largest absolute Gasteiger partial charge is 0.396 e. The summed E-state index contributed by atoms with van der Waals surface area (Å²) in [7, 11) is 0. The third-order valence-corrected chi connectivity index (χ3v) is 5.51. The van der Waals surface area contributed by atoms with E-state index in [4.69, 9.17) is 5.11 Å². The van der Waals surface area contributed by atoms with Crippen LogP contribution in [0.2, 0.25) is 0 Å². The second kappa shape index (κ2) is 11.7. The van der Waals surface area contributed by atoms with Gasteiger partial charge in [-0.25, -0.2) is 0 Å². The summed E-state index contributed by atoms with van der Waals surface area (Å²) in [4.78, 5) is 5.03. The highest BCUT2D eigenvalue weighted by Crippen LogP contribution is 2.17. The van der Waals surface area contributed by atoms with Gasteiger partial charge in [-0.15, -0.1) is 0 Å². The summed E-state index contributed by atoms with van der Waals surface area (Å²) in [5, 5.41) is 18.4. The van der Waals surface area contributed by atoms with Crippen LogP contribution < -0.4 is 0 Å². The van der Waals surface area contributed by atoms with E-state index in [2.05, 4.69) is 76.2 Å². The van der Waals surface area contributed by atoms with Gasteiger partial charge in [0.2, 0.25) is 0 Å². The van der Waals surface area contributed by atoms with Gasteiger partial charge in [0, 0.05) is 57.4 Å². The fraction of sp³-hybridized carbons (Fsp3) is 0.440. The average Bonchev–Trinajstić information content (AvgIpc) is 2.76. The van der Waals surface area contributed by atoms with Crippen LogP contribution in [0.15, 0.2) is 54.6 Å². The van der Waals surface area contributed by atoms with E-state index in [0.29, 0.717) is 12.5 Å². The summed E-state index contributed by atoms with van der Waals surface area (Å²) in [5.74, 6) is 6.04. The lowest BCUT2D eigenvalue weighted by Crippen LogP contribution is -2.53.